The van der Waals surface area contributed by atoms with Crippen molar-refractivity contribution in [2.75, 3.05) is 12.0 Å². The van der Waals surface area contributed by atoms with E-state index in [9.17, 15) is 14.0 Å². The Morgan fingerprint density at radius 2 is 1.86 bits per heavy atom. The number of nitrogens with zero attached hydrogens (tertiary/aromatic N) is 2. The number of aromatic nitrogens is 1. The molecule has 8 heteroatoms. The summed E-state index contributed by atoms with van der Waals surface area (Å²) in [6.07, 6.45) is 0. The van der Waals surface area contributed by atoms with Crippen molar-refractivity contribution in [3.8, 4) is 5.75 Å². The zero-order valence-electron chi connectivity index (χ0n) is 15.2. The molecular formula is C20H17FN2O4S. The second-order valence-electron chi connectivity index (χ2n) is 5.73. The summed E-state index contributed by atoms with van der Waals surface area (Å²) in [6.45, 7) is 1.37. The van der Waals surface area contributed by atoms with E-state index in [1.807, 2.05) is 6.07 Å². The minimum absolute atomic E-state index is 0.0651. The third-order valence-corrected chi connectivity index (χ3v) is 4.68. The standard InChI is InChI=1S/C20H17FN2O4S/c1-13(24)23(17-5-3-4-6-18(17)26-2)20-22-16(12-28-20)11-27-19(25)14-7-9-15(21)10-8-14/h3-10,12H,11H2,1-2H3. The number of hydrogen-bond acceptors (Lipinski definition) is 6. The number of methoxy groups -OCH3 is 1. The molecule has 3 aromatic rings. The number of carbonyl (C=O) groups is 2. The summed E-state index contributed by atoms with van der Waals surface area (Å²) < 4.78 is 23.5. The maximum absolute atomic E-state index is 12.9. The first-order chi connectivity index (χ1) is 13.5. The highest BCUT2D eigenvalue weighted by molar-refractivity contribution is 7.14. The van der Waals surface area contributed by atoms with E-state index in [0.717, 1.165) is 0 Å². The van der Waals surface area contributed by atoms with E-state index in [0.29, 0.717) is 22.3 Å². The number of rotatable bonds is 6. The second-order valence-corrected chi connectivity index (χ2v) is 6.57. The predicted molar refractivity (Wildman–Crippen MR) is 103 cm³/mol. The minimum Gasteiger partial charge on any atom is -0.495 e. The summed E-state index contributed by atoms with van der Waals surface area (Å²) in [5, 5.41) is 2.14. The molecule has 1 heterocycles. The van der Waals surface area contributed by atoms with Crippen LogP contribution in [0.1, 0.15) is 23.0 Å². The van der Waals surface area contributed by atoms with Gasteiger partial charge in [0, 0.05) is 12.3 Å². The highest BCUT2D eigenvalue weighted by Gasteiger charge is 2.21. The third-order valence-electron chi connectivity index (χ3n) is 3.80. The van der Waals surface area contributed by atoms with Gasteiger partial charge < -0.3 is 9.47 Å². The van der Waals surface area contributed by atoms with Crippen molar-refractivity contribution in [3.63, 3.8) is 0 Å². The molecule has 144 valence electrons. The van der Waals surface area contributed by atoms with Gasteiger partial charge in [-0.1, -0.05) is 12.1 Å². The predicted octanol–water partition coefficient (Wildman–Crippen LogP) is 4.33. The molecule has 0 saturated heterocycles. The van der Waals surface area contributed by atoms with E-state index >= 15 is 0 Å². The molecule has 0 aliphatic heterocycles. The number of ether oxygens (including phenoxy) is 2. The number of para-hydroxylation sites is 2. The number of hydrogen-bond donors (Lipinski definition) is 0. The normalized spacial score (nSPS) is 10.4. The molecule has 6 nitrogen and oxygen atoms in total. The van der Waals surface area contributed by atoms with E-state index in [2.05, 4.69) is 4.98 Å². The van der Waals surface area contributed by atoms with Crippen LogP contribution < -0.4 is 9.64 Å². The van der Waals surface area contributed by atoms with Gasteiger partial charge in [-0.25, -0.2) is 14.2 Å². The average Bonchev–Trinajstić information content (AvgIpc) is 3.15. The summed E-state index contributed by atoms with van der Waals surface area (Å²) in [5.74, 6) is -0.699. The van der Waals surface area contributed by atoms with Crippen LogP contribution in [-0.4, -0.2) is 24.0 Å². The van der Waals surface area contributed by atoms with Crippen molar-refractivity contribution in [2.45, 2.75) is 13.5 Å². The summed E-state index contributed by atoms with van der Waals surface area (Å²) in [5.41, 5.74) is 1.31. The lowest BCUT2D eigenvalue weighted by Crippen LogP contribution is -2.23. The van der Waals surface area contributed by atoms with Gasteiger partial charge in [-0.2, -0.15) is 0 Å². The van der Waals surface area contributed by atoms with Crippen LogP contribution in [0.2, 0.25) is 0 Å². The molecule has 0 atom stereocenters. The number of anilines is 2. The molecular weight excluding hydrogens is 383 g/mol. The average molecular weight is 400 g/mol. The van der Waals surface area contributed by atoms with Gasteiger partial charge in [-0.15, -0.1) is 11.3 Å². The highest BCUT2D eigenvalue weighted by Crippen LogP contribution is 2.35. The lowest BCUT2D eigenvalue weighted by molar-refractivity contribution is -0.115. The third kappa shape index (κ3) is 4.34. The molecule has 0 aliphatic carbocycles. The van der Waals surface area contributed by atoms with Gasteiger partial charge in [0.25, 0.3) is 0 Å². The molecule has 28 heavy (non-hydrogen) atoms. The number of halogens is 1. The van der Waals surface area contributed by atoms with Crippen LogP contribution in [0.5, 0.6) is 5.75 Å². The Bertz CT molecular complexity index is 988. The van der Waals surface area contributed by atoms with Crippen LogP contribution in [0.4, 0.5) is 15.2 Å². The Labute approximate surface area is 165 Å². The SMILES string of the molecule is COc1ccccc1N(C(C)=O)c1nc(COC(=O)c2ccc(F)cc2)cs1. The van der Waals surface area contributed by atoms with E-state index in [1.165, 1.54) is 54.5 Å². The summed E-state index contributed by atoms with van der Waals surface area (Å²) in [7, 11) is 1.53. The lowest BCUT2D eigenvalue weighted by atomic mass is 10.2. The van der Waals surface area contributed by atoms with Crippen LogP contribution in [-0.2, 0) is 16.1 Å². The fourth-order valence-corrected chi connectivity index (χ4v) is 3.36. The Morgan fingerprint density at radius 3 is 2.54 bits per heavy atom. The van der Waals surface area contributed by atoms with Gasteiger partial charge in [0.15, 0.2) is 5.13 Å². The van der Waals surface area contributed by atoms with Gasteiger partial charge >= 0.3 is 5.97 Å². The van der Waals surface area contributed by atoms with Gasteiger partial charge in [-0.05, 0) is 36.4 Å². The zero-order valence-corrected chi connectivity index (χ0v) is 16.0. The van der Waals surface area contributed by atoms with E-state index in [-0.39, 0.29) is 18.1 Å². The molecule has 0 spiro atoms. The number of carbonyl (C=O) groups excluding carboxylic acids is 2. The van der Waals surface area contributed by atoms with Gasteiger partial charge in [-0.3, -0.25) is 9.69 Å². The van der Waals surface area contributed by atoms with E-state index in [1.54, 1.807) is 23.6 Å². The highest BCUT2D eigenvalue weighted by atomic mass is 32.1. The second kappa shape index (κ2) is 8.62. The van der Waals surface area contributed by atoms with Crippen LogP contribution >= 0.6 is 11.3 Å². The Balaban J connectivity index is 1.75. The number of esters is 1. The fourth-order valence-electron chi connectivity index (χ4n) is 2.50. The maximum Gasteiger partial charge on any atom is 0.338 e. The van der Waals surface area contributed by atoms with Crippen LogP contribution in [0.3, 0.4) is 0 Å². The quantitative estimate of drug-likeness (QED) is 0.576. The van der Waals surface area contributed by atoms with Crippen molar-refractivity contribution in [1.29, 1.82) is 0 Å². The van der Waals surface area contributed by atoms with Crippen molar-refractivity contribution in [2.24, 2.45) is 0 Å². The van der Waals surface area contributed by atoms with Crippen molar-refractivity contribution < 1.29 is 23.5 Å². The van der Waals surface area contributed by atoms with Crippen molar-refractivity contribution in [1.82, 2.24) is 4.98 Å². The molecule has 0 radical (unpaired) electrons. The van der Waals surface area contributed by atoms with Crippen molar-refractivity contribution in [3.05, 3.63) is 71.0 Å². The van der Waals surface area contributed by atoms with Crippen molar-refractivity contribution >= 4 is 34.0 Å². The Kier molecular flexibility index (Phi) is 6.00. The molecule has 1 aromatic heterocycles. The first-order valence-corrected chi connectivity index (χ1v) is 9.18. The molecule has 0 fully saturated rings. The molecule has 0 N–H and O–H groups in total. The molecule has 0 aliphatic rings. The largest absolute Gasteiger partial charge is 0.495 e. The first kappa shape index (κ1) is 19.5. The van der Waals surface area contributed by atoms with E-state index < -0.39 is 11.8 Å². The number of thiazole rings is 1. The summed E-state index contributed by atoms with van der Waals surface area (Å²) in [4.78, 5) is 30.1. The summed E-state index contributed by atoms with van der Waals surface area (Å²) in [6, 6.07) is 12.2. The molecule has 2 aromatic carbocycles. The van der Waals surface area contributed by atoms with Crippen LogP contribution in [0.25, 0.3) is 0 Å². The van der Waals surface area contributed by atoms with E-state index in [4.69, 9.17) is 9.47 Å². The van der Waals surface area contributed by atoms with Gasteiger partial charge in [0.1, 0.15) is 18.2 Å². The molecule has 3 rings (SSSR count). The van der Waals surface area contributed by atoms with Crippen LogP contribution in [0, 0.1) is 5.82 Å². The fraction of sp³-hybridized carbons (Fsp3) is 0.150. The topological polar surface area (TPSA) is 68.7 Å². The molecule has 0 saturated carbocycles. The molecule has 1 amide bonds. The molecule has 0 bridgehead atoms. The van der Waals surface area contributed by atoms with Gasteiger partial charge in [0.05, 0.1) is 24.1 Å². The zero-order chi connectivity index (χ0) is 20.1. The Morgan fingerprint density at radius 1 is 1.14 bits per heavy atom. The Hall–Kier alpha value is -3.26. The van der Waals surface area contributed by atoms with Crippen LogP contribution in [0.15, 0.2) is 53.9 Å². The smallest absolute Gasteiger partial charge is 0.338 e. The monoisotopic (exact) mass is 400 g/mol. The molecule has 0 unspecified atom stereocenters. The minimum atomic E-state index is -0.581. The summed E-state index contributed by atoms with van der Waals surface area (Å²) >= 11 is 1.25. The maximum atomic E-state index is 12.9. The number of benzene rings is 2. The first-order valence-electron chi connectivity index (χ1n) is 8.30. The van der Waals surface area contributed by atoms with Gasteiger partial charge in [0.2, 0.25) is 5.91 Å². The lowest BCUT2D eigenvalue weighted by Gasteiger charge is -2.20. The number of amides is 1.